The average molecular weight is 320 g/mol. The quantitative estimate of drug-likeness (QED) is 0.317. The normalized spacial score (nSPS) is 10.5. The van der Waals surface area contributed by atoms with Gasteiger partial charge in [-0.05, 0) is 24.6 Å². The van der Waals surface area contributed by atoms with E-state index in [-0.39, 0.29) is 23.4 Å². The second kappa shape index (κ2) is 8.04. The summed E-state index contributed by atoms with van der Waals surface area (Å²) >= 11 is 0. The fourth-order valence-electron chi connectivity index (χ4n) is 2.01. The maximum absolute atomic E-state index is 11.4. The van der Waals surface area contributed by atoms with E-state index in [1.165, 1.54) is 18.3 Å². The number of unbranched alkanes of at least 4 members (excludes halogenated alkanes) is 2. The molecule has 0 saturated heterocycles. The van der Waals surface area contributed by atoms with Crippen molar-refractivity contribution < 1.29 is 24.5 Å². The summed E-state index contributed by atoms with van der Waals surface area (Å²) in [6.45, 7) is 2.03. The van der Waals surface area contributed by atoms with E-state index in [4.69, 9.17) is 4.89 Å². The van der Waals surface area contributed by atoms with Gasteiger partial charge in [0.2, 0.25) is 0 Å². The van der Waals surface area contributed by atoms with Crippen LogP contribution in [0.15, 0.2) is 30.5 Å². The number of carbonyl (C=O) groups excluding carboxylic acids is 1. The molecule has 0 fully saturated rings. The van der Waals surface area contributed by atoms with Crippen LogP contribution in [-0.2, 0) is 14.7 Å². The Bertz CT molecular complexity index is 703. The van der Waals surface area contributed by atoms with Crippen LogP contribution in [0.2, 0.25) is 0 Å². The molecule has 2 rings (SSSR count). The lowest BCUT2D eigenvalue weighted by Gasteiger charge is -2.06. The zero-order valence-corrected chi connectivity index (χ0v) is 12.6. The Morgan fingerprint density at radius 3 is 2.87 bits per heavy atom. The Kier molecular flexibility index (Phi) is 5.81. The fourth-order valence-corrected chi connectivity index (χ4v) is 2.01. The second-order valence-corrected chi connectivity index (χ2v) is 4.80. The summed E-state index contributed by atoms with van der Waals surface area (Å²) in [6, 6.07) is 5.72. The molecule has 1 heterocycles. The Morgan fingerprint density at radius 1 is 1.30 bits per heavy atom. The van der Waals surface area contributed by atoms with Gasteiger partial charge in [0, 0.05) is 23.7 Å². The van der Waals surface area contributed by atoms with Crippen LogP contribution in [0.25, 0.3) is 10.9 Å². The van der Waals surface area contributed by atoms with Crippen molar-refractivity contribution in [2.45, 2.75) is 32.6 Å². The average Bonchev–Trinajstić information content (AvgIpc) is 2.55. The van der Waals surface area contributed by atoms with E-state index in [1.54, 1.807) is 12.1 Å². The maximum atomic E-state index is 11.4. The van der Waals surface area contributed by atoms with Crippen LogP contribution in [0.4, 0.5) is 5.69 Å². The number of aromatic nitrogens is 1. The first-order valence-electron chi connectivity index (χ1n) is 7.19. The molecule has 1 aromatic carbocycles. The van der Waals surface area contributed by atoms with Gasteiger partial charge >= 0.3 is 5.97 Å². The lowest BCUT2D eigenvalue weighted by Crippen LogP contribution is -2.08. The van der Waals surface area contributed by atoms with Crippen LogP contribution < -0.4 is 4.89 Å². The molecule has 2 aromatic rings. The molecule has 0 aliphatic carbocycles. The molecule has 0 radical (unpaired) electrons. The minimum Gasteiger partial charge on any atom is -0.297 e. The summed E-state index contributed by atoms with van der Waals surface area (Å²) in [5, 5.41) is 15.8. The number of carbonyl (C=O) groups is 1. The zero-order valence-electron chi connectivity index (χ0n) is 12.6. The van der Waals surface area contributed by atoms with Crippen LogP contribution in [0.5, 0.6) is 5.75 Å². The third kappa shape index (κ3) is 4.36. The number of fused-ring (bicyclic) bond motifs is 1. The summed E-state index contributed by atoms with van der Waals surface area (Å²) in [4.78, 5) is 35.3. The molecule has 0 aliphatic rings. The molecule has 122 valence electrons. The van der Waals surface area contributed by atoms with Gasteiger partial charge in [0.05, 0.1) is 10.3 Å². The first-order valence-corrected chi connectivity index (χ1v) is 7.19. The molecular formula is C15H16N2O6. The number of hydrogen-bond donors (Lipinski definition) is 0. The molecule has 0 saturated carbocycles. The van der Waals surface area contributed by atoms with E-state index in [0.29, 0.717) is 11.8 Å². The largest absolute Gasteiger partial charge is 0.346 e. The minimum absolute atomic E-state index is 0.1000. The highest BCUT2D eigenvalue weighted by molar-refractivity contribution is 5.92. The Morgan fingerprint density at radius 2 is 2.13 bits per heavy atom. The van der Waals surface area contributed by atoms with Gasteiger partial charge in [-0.2, -0.15) is 0 Å². The van der Waals surface area contributed by atoms with Gasteiger partial charge < -0.3 is 0 Å². The molecule has 0 spiro atoms. The van der Waals surface area contributed by atoms with Crippen molar-refractivity contribution in [3.8, 4) is 5.75 Å². The highest BCUT2D eigenvalue weighted by Gasteiger charge is 2.17. The molecule has 0 N–H and O–H groups in total. The molecule has 0 amide bonds. The van der Waals surface area contributed by atoms with Crippen LogP contribution in [0.3, 0.4) is 0 Å². The fraction of sp³-hybridized carbons (Fsp3) is 0.333. The van der Waals surface area contributed by atoms with E-state index in [2.05, 4.69) is 14.9 Å². The van der Waals surface area contributed by atoms with Gasteiger partial charge in [0.1, 0.15) is 5.52 Å². The number of nitrogens with zero attached hydrogens (tertiary/aromatic N) is 2. The van der Waals surface area contributed by atoms with Crippen LogP contribution in [-0.4, -0.2) is 15.9 Å². The monoisotopic (exact) mass is 320 g/mol. The highest BCUT2D eigenvalue weighted by Crippen LogP contribution is 2.31. The number of benzene rings is 1. The molecule has 8 heteroatoms. The number of pyridine rings is 1. The number of nitro benzene ring substituents is 1. The van der Waals surface area contributed by atoms with Crippen LogP contribution in [0, 0.1) is 10.1 Å². The van der Waals surface area contributed by atoms with Crippen molar-refractivity contribution in [3.05, 3.63) is 40.6 Å². The topological polar surface area (TPSA) is 101 Å². The van der Waals surface area contributed by atoms with Crippen molar-refractivity contribution in [2.75, 3.05) is 0 Å². The third-order valence-corrected chi connectivity index (χ3v) is 3.14. The van der Waals surface area contributed by atoms with Crippen molar-refractivity contribution >= 4 is 22.6 Å². The third-order valence-electron chi connectivity index (χ3n) is 3.14. The van der Waals surface area contributed by atoms with E-state index in [9.17, 15) is 14.9 Å². The van der Waals surface area contributed by atoms with Crippen molar-refractivity contribution in [1.29, 1.82) is 0 Å². The van der Waals surface area contributed by atoms with E-state index in [0.717, 1.165) is 12.8 Å². The predicted octanol–water partition coefficient (Wildman–Crippen LogP) is 3.49. The van der Waals surface area contributed by atoms with Gasteiger partial charge in [-0.15, -0.1) is 0 Å². The van der Waals surface area contributed by atoms with Crippen molar-refractivity contribution in [2.24, 2.45) is 0 Å². The Balaban J connectivity index is 2.02. The summed E-state index contributed by atoms with van der Waals surface area (Å²) in [5.41, 5.74) is 0.140. The minimum atomic E-state index is -0.544. The Labute approximate surface area is 132 Å². The van der Waals surface area contributed by atoms with Gasteiger partial charge in [0.15, 0.2) is 5.75 Å². The lowest BCUT2D eigenvalue weighted by atomic mass is 10.2. The van der Waals surface area contributed by atoms with Gasteiger partial charge in [-0.1, -0.05) is 19.8 Å². The number of hydrogen-bond acceptors (Lipinski definition) is 7. The molecule has 0 atom stereocenters. The zero-order chi connectivity index (χ0) is 16.7. The number of non-ortho nitro benzene ring substituents is 1. The Hall–Kier alpha value is -2.74. The first-order chi connectivity index (χ1) is 11.1. The van der Waals surface area contributed by atoms with Crippen LogP contribution in [0.1, 0.15) is 32.6 Å². The molecule has 0 bridgehead atoms. The molecule has 8 nitrogen and oxygen atoms in total. The lowest BCUT2D eigenvalue weighted by molar-refractivity contribution is -0.436. The molecule has 1 aromatic heterocycles. The molecule has 0 aliphatic heterocycles. The summed E-state index contributed by atoms with van der Waals surface area (Å²) in [5.74, 6) is -0.426. The number of rotatable bonds is 8. The van der Waals surface area contributed by atoms with Crippen molar-refractivity contribution in [1.82, 2.24) is 4.98 Å². The smallest absolute Gasteiger partial charge is 0.297 e. The second-order valence-electron chi connectivity index (χ2n) is 4.80. The van der Waals surface area contributed by atoms with E-state index < -0.39 is 10.9 Å². The molecule has 23 heavy (non-hydrogen) atoms. The van der Waals surface area contributed by atoms with Crippen LogP contribution >= 0.6 is 0 Å². The van der Waals surface area contributed by atoms with Gasteiger partial charge in [-0.25, -0.2) is 4.79 Å². The summed E-state index contributed by atoms with van der Waals surface area (Å²) in [7, 11) is 0. The summed E-state index contributed by atoms with van der Waals surface area (Å²) in [6.07, 6.45) is 4.32. The molecular weight excluding hydrogens is 304 g/mol. The van der Waals surface area contributed by atoms with Crippen molar-refractivity contribution in [3.63, 3.8) is 0 Å². The van der Waals surface area contributed by atoms with Gasteiger partial charge in [-0.3, -0.25) is 24.9 Å². The predicted molar refractivity (Wildman–Crippen MR) is 80.3 cm³/mol. The van der Waals surface area contributed by atoms with E-state index in [1.807, 2.05) is 6.92 Å². The number of nitro groups is 1. The standard InChI is InChI=1S/C15H16N2O6/c1-2-3-4-7-14(18)22-23-21-13-9-8-12(17(19)20)11-6-5-10-16-15(11)13/h5-6,8-10H,2-4,7H2,1H3. The summed E-state index contributed by atoms with van der Waals surface area (Å²) < 4.78 is 0. The van der Waals surface area contributed by atoms with E-state index >= 15 is 0 Å². The first kappa shape index (κ1) is 16.6. The highest BCUT2D eigenvalue weighted by atomic mass is 17.5. The SMILES string of the molecule is CCCCCC(=O)OOOc1ccc([N+](=O)[O-])c2cccnc12. The maximum Gasteiger partial charge on any atom is 0.346 e. The van der Waals surface area contributed by atoms with Gasteiger partial charge in [0.25, 0.3) is 5.69 Å². The molecule has 0 unspecified atom stereocenters.